The summed E-state index contributed by atoms with van der Waals surface area (Å²) in [5.41, 5.74) is 3.49. The molecule has 2 aromatic carbocycles. The van der Waals surface area contributed by atoms with Crippen LogP contribution in [0, 0.1) is 0 Å². The van der Waals surface area contributed by atoms with Crippen LogP contribution in [0.2, 0.25) is 0 Å². The molecule has 0 fully saturated rings. The normalized spacial score (nSPS) is 14.2. The molecule has 1 aliphatic heterocycles. The van der Waals surface area contributed by atoms with Crippen molar-refractivity contribution in [2.75, 3.05) is 31.6 Å². The van der Waals surface area contributed by atoms with E-state index in [4.69, 9.17) is 27.1 Å². The topological polar surface area (TPSA) is 51.1 Å². The Morgan fingerprint density at radius 2 is 1.96 bits per heavy atom. The second-order valence-corrected chi connectivity index (χ2v) is 7.17. The highest BCUT2D eigenvalue weighted by molar-refractivity contribution is 8.00. The number of hydrogen-bond acceptors (Lipinski definition) is 6. The van der Waals surface area contributed by atoms with Gasteiger partial charge in [-0.3, -0.25) is 9.89 Å². The van der Waals surface area contributed by atoms with Crippen LogP contribution in [0.5, 0.6) is 0 Å². The molecule has 0 saturated heterocycles. The van der Waals surface area contributed by atoms with E-state index in [2.05, 4.69) is 6.07 Å². The van der Waals surface area contributed by atoms with Gasteiger partial charge in [-0.25, -0.2) is 4.79 Å². The molecule has 136 valence electrons. The first-order valence-electron chi connectivity index (χ1n) is 8.06. The Labute approximate surface area is 162 Å². The van der Waals surface area contributed by atoms with Gasteiger partial charge in [0.25, 0.3) is 0 Å². The van der Waals surface area contributed by atoms with Crippen LogP contribution in [0.1, 0.15) is 10.8 Å². The molecule has 7 heteroatoms. The SMILES string of the molecule is COCN(C(=O)OC)c1ccccc1C(S)C1=Nc2ccccc2SC1. The first kappa shape index (κ1) is 18.8. The van der Waals surface area contributed by atoms with Gasteiger partial charge in [-0.15, -0.1) is 11.8 Å². The van der Waals surface area contributed by atoms with Gasteiger partial charge in [-0.05, 0) is 23.8 Å². The van der Waals surface area contributed by atoms with E-state index in [0.717, 1.165) is 22.7 Å². The molecule has 26 heavy (non-hydrogen) atoms. The summed E-state index contributed by atoms with van der Waals surface area (Å²) in [7, 11) is 2.89. The summed E-state index contributed by atoms with van der Waals surface area (Å²) in [6.07, 6.45) is -0.481. The molecule has 1 amide bonds. The third kappa shape index (κ3) is 3.90. The minimum Gasteiger partial charge on any atom is -0.452 e. The Balaban J connectivity index is 1.97. The highest BCUT2D eigenvalue weighted by Gasteiger charge is 2.26. The Hall–Kier alpha value is -1.96. The van der Waals surface area contributed by atoms with E-state index in [9.17, 15) is 4.79 Å². The number of benzene rings is 2. The van der Waals surface area contributed by atoms with E-state index in [-0.39, 0.29) is 12.0 Å². The largest absolute Gasteiger partial charge is 0.452 e. The number of ether oxygens (including phenoxy) is 2. The number of amides is 1. The van der Waals surface area contributed by atoms with E-state index in [1.807, 2.05) is 42.5 Å². The third-order valence-corrected chi connectivity index (χ3v) is 5.67. The van der Waals surface area contributed by atoms with Gasteiger partial charge in [0, 0.05) is 23.5 Å². The van der Waals surface area contributed by atoms with E-state index < -0.39 is 6.09 Å². The number of fused-ring (bicyclic) bond motifs is 1. The molecule has 0 spiro atoms. The van der Waals surface area contributed by atoms with Crippen molar-refractivity contribution in [1.82, 2.24) is 0 Å². The lowest BCUT2D eigenvalue weighted by molar-refractivity contribution is 0.153. The minimum absolute atomic E-state index is 0.0915. The standard InChI is InChI=1S/C19H20N2O3S2/c1-23-12-21(19(22)24-2)16-9-5-3-7-13(16)18(25)15-11-26-17-10-6-4-8-14(17)20-15/h3-10,18,25H,11-12H2,1-2H3. The first-order chi connectivity index (χ1) is 12.7. The lowest BCUT2D eigenvalue weighted by Gasteiger charge is -2.26. The number of hydrogen-bond donors (Lipinski definition) is 1. The van der Waals surface area contributed by atoms with Gasteiger partial charge in [0.1, 0.15) is 6.73 Å². The highest BCUT2D eigenvalue weighted by atomic mass is 32.2. The van der Waals surface area contributed by atoms with Crippen molar-refractivity contribution in [3.8, 4) is 0 Å². The molecule has 1 unspecified atom stereocenters. The van der Waals surface area contributed by atoms with Crippen LogP contribution in [-0.2, 0) is 9.47 Å². The van der Waals surface area contributed by atoms with Gasteiger partial charge < -0.3 is 9.47 Å². The number of carbonyl (C=O) groups excluding carboxylic acids is 1. The number of thioether (sulfide) groups is 1. The van der Waals surface area contributed by atoms with Crippen LogP contribution >= 0.6 is 24.4 Å². The number of carbonyl (C=O) groups is 1. The quantitative estimate of drug-likeness (QED) is 0.595. The molecule has 5 nitrogen and oxygen atoms in total. The van der Waals surface area contributed by atoms with Crippen molar-refractivity contribution >= 4 is 47.6 Å². The maximum Gasteiger partial charge on any atom is 0.415 e. The number of rotatable bonds is 5. The number of methoxy groups -OCH3 is 2. The van der Waals surface area contributed by atoms with Crippen LogP contribution in [0.25, 0.3) is 0 Å². The van der Waals surface area contributed by atoms with Crippen LogP contribution in [-0.4, -0.2) is 38.5 Å². The Morgan fingerprint density at radius 1 is 1.23 bits per heavy atom. The van der Waals surface area contributed by atoms with Crippen LogP contribution < -0.4 is 4.90 Å². The van der Waals surface area contributed by atoms with Crippen LogP contribution in [0.3, 0.4) is 0 Å². The summed E-state index contributed by atoms with van der Waals surface area (Å²) in [5.74, 6) is 0.752. The summed E-state index contributed by atoms with van der Waals surface area (Å²) in [5, 5.41) is -0.240. The molecular formula is C19H20N2O3S2. The molecule has 3 rings (SSSR count). The van der Waals surface area contributed by atoms with Crippen LogP contribution in [0.4, 0.5) is 16.2 Å². The van der Waals surface area contributed by atoms with Gasteiger partial charge in [0.15, 0.2) is 0 Å². The zero-order chi connectivity index (χ0) is 18.5. The summed E-state index contributed by atoms with van der Waals surface area (Å²) < 4.78 is 10.1. The van der Waals surface area contributed by atoms with Crippen molar-refractivity contribution in [3.63, 3.8) is 0 Å². The average Bonchev–Trinajstić information content (AvgIpc) is 2.70. The minimum atomic E-state index is -0.481. The van der Waals surface area contributed by atoms with Crippen molar-refractivity contribution in [3.05, 3.63) is 54.1 Å². The van der Waals surface area contributed by atoms with Gasteiger partial charge in [-0.2, -0.15) is 12.6 Å². The van der Waals surface area contributed by atoms with Crippen LogP contribution in [0.15, 0.2) is 58.4 Å². The predicted molar refractivity (Wildman–Crippen MR) is 109 cm³/mol. The highest BCUT2D eigenvalue weighted by Crippen LogP contribution is 2.39. The second kappa shape index (κ2) is 8.62. The Kier molecular flexibility index (Phi) is 6.24. The zero-order valence-corrected chi connectivity index (χ0v) is 16.3. The van der Waals surface area contributed by atoms with E-state index in [0.29, 0.717) is 5.69 Å². The van der Waals surface area contributed by atoms with E-state index in [1.165, 1.54) is 24.0 Å². The molecular weight excluding hydrogens is 368 g/mol. The molecule has 0 saturated carbocycles. The fraction of sp³-hybridized carbons (Fsp3) is 0.263. The van der Waals surface area contributed by atoms with Gasteiger partial charge in [-0.1, -0.05) is 30.3 Å². The second-order valence-electron chi connectivity index (χ2n) is 5.64. The zero-order valence-electron chi connectivity index (χ0n) is 14.6. The summed E-state index contributed by atoms with van der Waals surface area (Å²) >= 11 is 6.57. The molecule has 0 radical (unpaired) electrons. The Bertz CT molecular complexity index is 826. The number of para-hydroxylation sites is 2. The number of nitrogens with zero attached hydrogens (tertiary/aromatic N) is 2. The molecule has 0 bridgehead atoms. The fourth-order valence-electron chi connectivity index (χ4n) is 2.75. The molecule has 1 atom stereocenters. The number of thiol groups is 1. The predicted octanol–water partition coefficient (Wildman–Crippen LogP) is 4.71. The molecule has 2 aromatic rings. The lowest BCUT2D eigenvalue weighted by Crippen LogP contribution is -2.33. The molecule has 0 N–H and O–H groups in total. The monoisotopic (exact) mass is 388 g/mol. The van der Waals surface area contributed by atoms with Crippen molar-refractivity contribution in [2.24, 2.45) is 4.99 Å². The number of aliphatic imine (C=N–C) groups is 1. The summed E-state index contributed by atoms with van der Waals surface area (Å²) in [6.45, 7) is 0.0915. The molecule has 1 heterocycles. The van der Waals surface area contributed by atoms with Crippen molar-refractivity contribution < 1.29 is 14.3 Å². The average molecular weight is 389 g/mol. The van der Waals surface area contributed by atoms with Crippen molar-refractivity contribution in [1.29, 1.82) is 0 Å². The third-order valence-electron chi connectivity index (χ3n) is 4.00. The molecule has 0 aliphatic carbocycles. The fourth-order valence-corrected chi connectivity index (χ4v) is 4.22. The van der Waals surface area contributed by atoms with Gasteiger partial charge in [0.05, 0.1) is 23.7 Å². The number of anilines is 1. The maximum absolute atomic E-state index is 12.2. The maximum atomic E-state index is 12.2. The Morgan fingerprint density at radius 3 is 2.73 bits per heavy atom. The van der Waals surface area contributed by atoms with Gasteiger partial charge >= 0.3 is 6.09 Å². The van der Waals surface area contributed by atoms with Crippen molar-refractivity contribution in [2.45, 2.75) is 10.1 Å². The smallest absolute Gasteiger partial charge is 0.415 e. The lowest BCUT2D eigenvalue weighted by atomic mass is 10.1. The van der Waals surface area contributed by atoms with E-state index in [1.54, 1.807) is 11.8 Å². The first-order valence-corrected chi connectivity index (χ1v) is 9.56. The van der Waals surface area contributed by atoms with E-state index >= 15 is 0 Å². The summed E-state index contributed by atoms with van der Waals surface area (Å²) in [6, 6.07) is 15.7. The molecule has 1 aliphatic rings. The van der Waals surface area contributed by atoms with Gasteiger partial charge in [0.2, 0.25) is 0 Å². The molecule has 0 aromatic heterocycles. The summed E-state index contributed by atoms with van der Waals surface area (Å²) in [4.78, 5) is 19.6.